The van der Waals surface area contributed by atoms with Gasteiger partial charge in [0.2, 0.25) is 0 Å². The minimum absolute atomic E-state index is 0.184. The number of hydrogen-bond donors (Lipinski definition) is 1. The monoisotopic (exact) mass is 239 g/mol. The number of alkyl halides is 3. The number of rotatable bonds is 1. The number of halogens is 3. The smallest absolute Gasteiger partial charge is 0.393 e. The maximum atomic E-state index is 12.3. The van der Waals surface area contributed by atoms with Crippen LogP contribution in [0.25, 0.3) is 0 Å². The molecular weight excluding hydrogens is 227 g/mol. The number of carbonyl (C=O) groups excluding carboxylic acids is 1. The lowest BCUT2D eigenvalue weighted by Gasteiger charge is -2.35. The molecule has 0 saturated carbocycles. The van der Waals surface area contributed by atoms with Crippen molar-refractivity contribution in [1.82, 2.24) is 4.90 Å². The number of carbonyl (C=O) groups is 1. The Kier molecular flexibility index (Phi) is 2.43. The molecule has 2 rings (SSSR count). The van der Waals surface area contributed by atoms with E-state index in [1.807, 2.05) is 0 Å². The van der Waals surface area contributed by atoms with Gasteiger partial charge in [0, 0.05) is 6.42 Å². The van der Waals surface area contributed by atoms with Crippen molar-refractivity contribution in [3.05, 3.63) is 0 Å². The van der Waals surface area contributed by atoms with E-state index >= 15 is 0 Å². The number of aliphatic hydroxyl groups excluding tert-OH is 1. The molecule has 0 spiro atoms. The fraction of sp³-hybridized carbons (Fsp3) is 0.889. The van der Waals surface area contributed by atoms with Gasteiger partial charge in [-0.3, -0.25) is 4.79 Å². The Morgan fingerprint density at radius 2 is 2.25 bits per heavy atom. The van der Waals surface area contributed by atoms with Gasteiger partial charge < -0.3 is 14.7 Å². The van der Waals surface area contributed by atoms with Crippen molar-refractivity contribution >= 4 is 5.91 Å². The topological polar surface area (TPSA) is 49.8 Å². The summed E-state index contributed by atoms with van der Waals surface area (Å²) in [7, 11) is 0. The van der Waals surface area contributed by atoms with E-state index in [2.05, 4.69) is 0 Å². The molecule has 2 aliphatic rings. The van der Waals surface area contributed by atoms with Gasteiger partial charge in [-0.1, -0.05) is 0 Å². The molecule has 2 saturated heterocycles. The summed E-state index contributed by atoms with van der Waals surface area (Å²) in [5, 5.41) is 9.12. The van der Waals surface area contributed by atoms with Crippen molar-refractivity contribution in [2.24, 2.45) is 0 Å². The Hall–Kier alpha value is -0.820. The summed E-state index contributed by atoms with van der Waals surface area (Å²) in [5.74, 6) is -1.84. The molecule has 0 radical (unpaired) electrons. The van der Waals surface area contributed by atoms with E-state index in [0.29, 0.717) is 0 Å². The third-order valence-electron chi connectivity index (χ3n) is 3.21. The van der Waals surface area contributed by atoms with Crippen molar-refractivity contribution in [2.45, 2.75) is 37.3 Å². The van der Waals surface area contributed by atoms with Crippen LogP contribution in [0.15, 0.2) is 0 Å². The molecule has 0 aliphatic carbocycles. The van der Waals surface area contributed by atoms with Crippen LogP contribution in [0.5, 0.6) is 0 Å². The van der Waals surface area contributed by atoms with Crippen LogP contribution in [0.2, 0.25) is 0 Å². The molecule has 7 heteroatoms. The highest BCUT2D eigenvalue weighted by molar-refractivity contribution is 5.82. The summed E-state index contributed by atoms with van der Waals surface area (Å²) in [4.78, 5) is 11.9. The molecule has 3 atom stereocenters. The van der Waals surface area contributed by atoms with E-state index in [0.717, 1.165) is 4.90 Å². The molecule has 0 aromatic rings. The standard InChI is InChI=1S/C9H12F3NO3/c1-5-6-2-8(4-14,16-5)3-13(6)7(15)9(10,11)12/h5-6,14H,2-4H2,1H3/t5-,6?,8+/m0/s1. The van der Waals surface area contributed by atoms with Gasteiger partial charge in [0.1, 0.15) is 5.60 Å². The van der Waals surface area contributed by atoms with E-state index in [9.17, 15) is 18.0 Å². The van der Waals surface area contributed by atoms with Crippen LogP contribution in [0.3, 0.4) is 0 Å². The molecule has 2 aliphatic heterocycles. The van der Waals surface area contributed by atoms with Crippen LogP contribution in [0, 0.1) is 0 Å². The molecule has 1 amide bonds. The maximum absolute atomic E-state index is 12.3. The van der Waals surface area contributed by atoms with Crippen LogP contribution in [-0.4, -0.2) is 53.0 Å². The average Bonchev–Trinajstić information content (AvgIpc) is 2.70. The third kappa shape index (κ3) is 1.58. The van der Waals surface area contributed by atoms with Crippen LogP contribution in [-0.2, 0) is 9.53 Å². The average molecular weight is 239 g/mol. The van der Waals surface area contributed by atoms with Gasteiger partial charge in [-0.15, -0.1) is 0 Å². The van der Waals surface area contributed by atoms with Gasteiger partial charge in [0.25, 0.3) is 0 Å². The summed E-state index contributed by atoms with van der Waals surface area (Å²) < 4.78 is 42.2. The summed E-state index contributed by atoms with van der Waals surface area (Å²) in [6.45, 7) is 1.06. The Bertz CT molecular complexity index is 320. The molecule has 2 fully saturated rings. The molecule has 4 nitrogen and oxygen atoms in total. The van der Waals surface area contributed by atoms with Crippen molar-refractivity contribution in [2.75, 3.05) is 13.2 Å². The Morgan fingerprint density at radius 1 is 1.62 bits per heavy atom. The zero-order valence-corrected chi connectivity index (χ0v) is 8.62. The normalized spacial score (nSPS) is 38.2. The fourth-order valence-corrected chi connectivity index (χ4v) is 2.50. The van der Waals surface area contributed by atoms with Crippen molar-refractivity contribution < 1.29 is 27.8 Å². The lowest BCUT2D eigenvalue weighted by Crippen LogP contribution is -2.53. The van der Waals surface area contributed by atoms with Crippen LogP contribution >= 0.6 is 0 Å². The van der Waals surface area contributed by atoms with Gasteiger partial charge in [0.15, 0.2) is 0 Å². The minimum Gasteiger partial charge on any atom is -0.393 e. The zero-order valence-electron chi connectivity index (χ0n) is 8.62. The van der Waals surface area contributed by atoms with Crippen LogP contribution < -0.4 is 0 Å². The first kappa shape index (κ1) is 11.7. The number of hydrogen-bond acceptors (Lipinski definition) is 3. The van der Waals surface area contributed by atoms with Gasteiger partial charge in [0.05, 0.1) is 25.3 Å². The molecule has 0 aromatic carbocycles. The molecule has 1 N–H and O–H groups in total. The highest BCUT2D eigenvalue weighted by Crippen LogP contribution is 2.42. The summed E-state index contributed by atoms with van der Waals surface area (Å²) in [5.41, 5.74) is -0.995. The number of aliphatic hydroxyl groups is 1. The molecular formula is C9H12F3NO3. The van der Waals surface area contributed by atoms with Crippen molar-refractivity contribution in [1.29, 1.82) is 0 Å². The number of amides is 1. The second-order valence-corrected chi connectivity index (χ2v) is 4.37. The number of likely N-dealkylation sites (tertiary alicyclic amines) is 1. The van der Waals surface area contributed by atoms with Crippen LogP contribution in [0.4, 0.5) is 13.2 Å². The SMILES string of the molecule is C[C@@H]1O[C@]2(CO)CC1N(C(=O)C(F)(F)F)C2. The Morgan fingerprint density at radius 3 is 2.69 bits per heavy atom. The second-order valence-electron chi connectivity index (χ2n) is 4.37. The molecule has 0 aromatic heterocycles. The number of morpholine rings is 1. The Balaban J connectivity index is 2.19. The highest BCUT2D eigenvalue weighted by atomic mass is 19.4. The maximum Gasteiger partial charge on any atom is 0.471 e. The first-order valence-corrected chi connectivity index (χ1v) is 4.95. The van der Waals surface area contributed by atoms with Crippen molar-refractivity contribution in [3.63, 3.8) is 0 Å². The molecule has 16 heavy (non-hydrogen) atoms. The van der Waals surface area contributed by atoms with E-state index in [-0.39, 0.29) is 19.6 Å². The van der Waals surface area contributed by atoms with Gasteiger partial charge in [-0.25, -0.2) is 0 Å². The van der Waals surface area contributed by atoms with Crippen molar-refractivity contribution in [3.8, 4) is 0 Å². The largest absolute Gasteiger partial charge is 0.471 e. The molecule has 2 bridgehead atoms. The predicted molar refractivity (Wildman–Crippen MR) is 46.5 cm³/mol. The minimum atomic E-state index is -4.86. The predicted octanol–water partition coefficient (Wildman–Crippen LogP) is 0.299. The third-order valence-corrected chi connectivity index (χ3v) is 3.21. The molecule has 1 unspecified atom stereocenters. The first-order valence-electron chi connectivity index (χ1n) is 4.95. The number of fused-ring (bicyclic) bond motifs is 2. The van der Waals surface area contributed by atoms with E-state index in [1.54, 1.807) is 6.92 Å². The summed E-state index contributed by atoms with van der Waals surface area (Å²) in [6.07, 6.45) is -5.06. The van der Waals surface area contributed by atoms with Gasteiger partial charge >= 0.3 is 12.1 Å². The lowest BCUT2D eigenvalue weighted by molar-refractivity contribution is -0.195. The van der Waals surface area contributed by atoms with Crippen LogP contribution in [0.1, 0.15) is 13.3 Å². The van der Waals surface area contributed by atoms with Gasteiger partial charge in [-0.05, 0) is 6.92 Å². The highest BCUT2D eigenvalue weighted by Gasteiger charge is 2.59. The summed E-state index contributed by atoms with van der Waals surface area (Å²) >= 11 is 0. The Labute approximate surface area is 90.0 Å². The van der Waals surface area contributed by atoms with E-state index in [4.69, 9.17) is 9.84 Å². The van der Waals surface area contributed by atoms with Gasteiger partial charge in [-0.2, -0.15) is 13.2 Å². The first-order chi connectivity index (χ1) is 7.29. The number of nitrogens with zero attached hydrogens (tertiary/aromatic N) is 1. The van der Waals surface area contributed by atoms with E-state index in [1.165, 1.54) is 0 Å². The fourth-order valence-electron chi connectivity index (χ4n) is 2.50. The number of ether oxygens (including phenoxy) is 1. The van der Waals surface area contributed by atoms with E-state index < -0.39 is 29.8 Å². The summed E-state index contributed by atoms with van der Waals surface area (Å²) in [6, 6.07) is -0.582. The molecule has 2 heterocycles. The zero-order chi connectivity index (χ0) is 12.1. The lowest BCUT2D eigenvalue weighted by atomic mass is 10.0. The molecule has 92 valence electrons. The quantitative estimate of drug-likeness (QED) is 0.716. The second kappa shape index (κ2) is 3.33.